The Labute approximate surface area is 155 Å². The summed E-state index contributed by atoms with van der Waals surface area (Å²) in [6.45, 7) is 10.4. The Kier molecular flexibility index (Phi) is 4.71. The van der Waals surface area contributed by atoms with E-state index in [4.69, 9.17) is 5.14 Å². The molecule has 2 aromatic rings. The fraction of sp³-hybridized carbons (Fsp3) is 0.556. The highest BCUT2D eigenvalue weighted by Gasteiger charge is 2.41. The van der Waals surface area contributed by atoms with Crippen molar-refractivity contribution in [2.24, 2.45) is 16.5 Å². The van der Waals surface area contributed by atoms with Crippen LogP contribution in [0, 0.1) is 25.2 Å². The number of hydrogen-bond donors (Lipinski definition) is 1. The zero-order valence-electron chi connectivity index (χ0n) is 16.0. The molecule has 7 nitrogen and oxygen atoms in total. The lowest BCUT2D eigenvalue weighted by molar-refractivity contribution is 0.144. The first-order chi connectivity index (χ1) is 12.0. The van der Waals surface area contributed by atoms with E-state index >= 15 is 0 Å². The van der Waals surface area contributed by atoms with Crippen LogP contribution >= 0.6 is 0 Å². The first-order valence-electron chi connectivity index (χ1n) is 8.70. The third kappa shape index (κ3) is 3.54. The molecule has 1 aromatic heterocycles. The van der Waals surface area contributed by atoms with Crippen molar-refractivity contribution >= 4 is 26.9 Å². The van der Waals surface area contributed by atoms with E-state index in [0.29, 0.717) is 12.5 Å². The van der Waals surface area contributed by atoms with Gasteiger partial charge in [0, 0.05) is 38.0 Å². The van der Waals surface area contributed by atoms with Gasteiger partial charge in [-0.05, 0) is 42.5 Å². The Morgan fingerprint density at radius 1 is 1.23 bits per heavy atom. The zero-order valence-corrected chi connectivity index (χ0v) is 16.8. The summed E-state index contributed by atoms with van der Waals surface area (Å²) in [7, 11) is -2.13. The van der Waals surface area contributed by atoms with Crippen LogP contribution in [0.4, 0.5) is 5.82 Å². The molecular formula is C18H27N5O2S. The molecule has 0 bridgehead atoms. The molecule has 0 unspecified atom stereocenters. The SMILES string of the molecule is Cc1cc2ncnc(N3CC(C(C)(C)CN(C)S(N)(=O)=O)C3)c2cc1C. The number of benzene rings is 1. The molecule has 0 aliphatic carbocycles. The van der Waals surface area contributed by atoms with Gasteiger partial charge in [0.2, 0.25) is 0 Å². The number of aromatic nitrogens is 2. The molecule has 0 saturated carbocycles. The van der Waals surface area contributed by atoms with E-state index in [-0.39, 0.29) is 5.41 Å². The van der Waals surface area contributed by atoms with Gasteiger partial charge >= 0.3 is 0 Å². The van der Waals surface area contributed by atoms with Crippen LogP contribution in [0.5, 0.6) is 0 Å². The van der Waals surface area contributed by atoms with E-state index in [2.05, 4.69) is 54.7 Å². The quantitative estimate of drug-likeness (QED) is 0.858. The molecule has 0 atom stereocenters. The van der Waals surface area contributed by atoms with Gasteiger partial charge in [0.25, 0.3) is 10.2 Å². The maximum atomic E-state index is 11.5. The number of anilines is 1. The summed E-state index contributed by atoms with van der Waals surface area (Å²) in [5.74, 6) is 1.31. The Morgan fingerprint density at radius 3 is 2.46 bits per heavy atom. The maximum absolute atomic E-state index is 11.5. The standard InChI is InChI=1S/C18H27N5O2S/c1-12-6-15-16(7-13(12)2)20-11-21-17(15)23-8-14(9-23)18(3,4)10-22(5)26(19,24)25/h6-7,11,14H,8-10H2,1-5H3,(H2,19,24,25). The minimum Gasteiger partial charge on any atom is -0.355 e. The number of aryl methyl sites for hydroxylation is 2. The number of nitrogens with two attached hydrogens (primary N) is 1. The second kappa shape index (κ2) is 6.44. The topological polar surface area (TPSA) is 92.4 Å². The van der Waals surface area contributed by atoms with Crippen LogP contribution in [0.2, 0.25) is 0 Å². The smallest absolute Gasteiger partial charge is 0.276 e. The molecule has 1 aliphatic rings. The van der Waals surface area contributed by atoms with Crippen LogP contribution in [0.15, 0.2) is 18.5 Å². The first-order valence-corrected chi connectivity index (χ1v) is 10.2. The molecule has 1 fully saturated rings. The van der Waals surface area contributed by atoms with Gasteiger partial charge in [-0.2, -0.15) is 12.7 Å². The van der Waals surface area contributed by atoms with Crippen LogP contribution in [-0.2, 0) is 10.2 Å². The summed E-state index contributed by atoms with van der Waals surface area (Å²) in [6.07, 6.45) is 1.61. The summed E-state index contributed by atoms with van der Waals surface area (Å²) in [6, 6.07) is 4.24. The van der Waals surface area contributed by atoms with Crippen molar-refractivity contribution in [3.05, 3.63) is 29.6 Å². The highest BCUT2D eigenvalue weighted by atomic mass is 32.2. The monoisotopic (exact) mass is 377 g/mol. The van der Waals surface area contributed by atoms with Crippen molar-refractivity contribution < 1.29 is 8.42 Å². The van der Waals surface area contributed by atoms with Gasteiger partial charge in [-0.25, -0.2) is 15.1 Å². The summed E-state index contributed by atoms with van der Waals surface area (Å²) in [5.41, 5.74) is 3.22. The Bertz CT molecular complexity index is 936. The van der Waals surface area contributed by atoms with Gasteiger partial charge in [0.1, 0.15) is 12.1 Å². The van der Waals surface area contributed by atoms with Crippen LogP contribution in [0.3, 0.4) is 0 Å². The minimum absolute atomic E-state index is 0.174. The fourth-order valence-electron chi connectivity index (χ4n) is 3.49. The molecule has 0 amide bonds. The molecule has 8 heteroatoms. The van der Waals surface area contributed by atoms with Crippen molar-refractivity contribution in [1.82, 2.24) is 14.3 Å². The van der Waals surface area contributed by atoms with Gasteiger partial charge in [0.15, 0.2) is 0 Å². The summed E-state index contributed by atoms with van der Waals surface area (Å²) < 4.78 is 24.2. The fourth-order valence-corrected chi connectivity index (χ4v) is 4.01. The van der Waals surface area contributed by atoms with Gasteiger partial charge in [-0.15, -0.1) is 0 Å². The molecule has 1 saturated heterocycles. The van der Waals surface area contributed by atoms with Crippen molar-refractivity contribution in [2.45, 2.75) is 27.7 Å². The lowest BCUT2D eigenvalue weighted by atomic mass is 9.74. The van der Waals surface area contributed by atoms with E-state index in [1.807, 2.05) is 0 Å². The maximum Gasteiger partial charge on any atom is 0.276 e. The molecule has 3 rings (SSSR count). The Balaban J connectivity index is 1.78. The third-order valence-electron chi connectivity index (χ3n) is 5.58. The van der Waals surface area contributed by atoms with E-state index in [9.17, 15) is 8.42 Å². The van der Waals surface area contributed by atoms with Crippen molar-refractivity contribution in [3.8, 4) is 0 Å². The Hall–Kier alpha value is -1.77. The van der Waals surface area contributed by atoms with Crippen LogP contribution < -0.4 is 10.0 Å². The van der Waals surface area contributed by atoms with Crippen molar-refractivity contribution in [3.63, 3.8) is 0 Å². The van der Waals surface area contributed by atoms with E-state index in [0.717, 1.165) is 29.8 Å². The average Bonchev–Trinajstić information content (AvgIpc) is 2.45. The van der Waals surface area contributed by atoms with Gasteiger partial charge < -0.3 is 4.90 Å². The third-order valence-corrected chi connectivity index (χ3v) is 6.58. The number of nitrogens with zero attached hydrogens (tertiary/aromatic N) is 4. The minimum atomic E-state index is -3.66. The first kappa shape index (κ1) is 19.0. The average molecular weight is 378 g/mol. The van der Waals surface area contributed by atoms with E-state index < -0.39 is 10.2 Å². The number of rotatable bonds is 5. The Morgan fingerprint density at radius 2 is 1.85 bits per heavy atom. The highest BCUT2D eigenvalue weighted by molar-refractivity contribution is 7.86. The molecule has 142 valence electrons. The van der Waals surface area contributed by atoms with Crippen molar-refractivity contribution in [1.29, 1.82) is 0 Å². The summed E-state index contributed by atoms with van der Waals surface area (Å²) in [4.78, 5) is 11.1. The predicted molar refractivity (Wildman–Crippen MR) is 104 cm³/mol. The summed E-state index contributed by atoms with van der Waals surface area (Å²) in [5, 5.41) is 6.29. The molecular weight excluding hydrogens is 350 g/mol. The normalized spacial score (nSPS) is 16.3. The number of fused-ring (bicyclic) bond motifs is 1. The second-order valence-electron chi connectivity index (χ2n) is 8.04. The van der Waals surface area contributed by atoms with E-state index in [1.54, 1.807) is 6.33 Å². The second-order valence-corrected chi connectivity index (χ2v) is 9.70. The van der Waals surface area contributed by atoms with Gasteiger partial charge in [0.05, 0.1) is 5.52 Å². The molecule has 26 heavy (non-hydrogen) atoms. The number of hydrogen-bond acceptors (Lipinski definition) is 5. The summed E-state index contributed by atoms with van der Waals surface area (Å²) >= 11 is 0. The molecule has 1 aliphatic heterocycles. The molecule has 2 heterocycles. The zero-order chi connectivity index (χ0) is 19.3. The molecule has 0 spiro atoms. The highest BCUT2D eigenvalue weighted by Crippen LogP contribution is 2.39. The van der Waals surface area contributed by atoms with E-state index in [1.165, 1.54) is 22.5 Å². The van der Waals surface area contributed by atoms with Gasteiger partial charge in [-0.3, -0.25) is 0 Å². The van der Waals surface area contributed by atoms with Crippen LogP contribution in [0.25, 0.3) is 10.9 Å². The van der Waals surface area contributed by atoms with Crippen molar-refractivity contribution in [2.75, 3.05) is 31.6 Å². The molecule has 2 N–H and O–H groups in total. The molecule has 1 aromatic carbocycles. The van der Waals surface area contributed by atoms with Crippen LogP contribution in [0.1, 0.15) is 25.0 Å². The lowest BCUT2D eigenvalue weighted by Gasteiger charge is -2.49. The van der Waals surface area contributed by atoms with Gasteiger partial charge in [-0.1, -0.05) is 13.8 Å². The molecule has 0 radical (unpaired) electrons. The largest absolute Gasteiger partial charge is 0.355 e. The predicted octanol–water partition coefficient (Wildman–Crippen LogP) is 1.84. The lowest BCUT2D eigenvalue weighted by Crippen LogP contribution is -2.56. The van der Waals surface area contributed by atoms with Crippen LogP contribution in [-0.4, -0.2) is 49.4 Å².